The van der Waals surface area contributed by atoms with Crippen LogP contribution in [0.15, 0.2) is 51.6 Å². The van der Waals surface area contributed by atoms with Crippen LogP contribution in [0.2, 0.25) is 0 Å². The summed E-state index contributed by atoms with van der Waals surface area (Å²) in [6, 6.07) is 8.10. The lowest BCUT2D eigenvalue weighted by Crippen LogP contribution is -2.41. The Kier molecular flexibility index (Phi) is 5.61. The first-order valence-corrected chi connectivity index (χ1v) is 12.2. The fourth-order valence-corrected chi connectivity index (χ4v) is 6.61. The lowest BCUT2D eigenvalue weighted by atomic mass is 9.93. The average molecular weight is 452 g/mol. The molecule has 0 radical (unpaired) electrons. The van der Waals surface area contributed by atoms with Gasteiger partial charge in [-0.15, -0.1) is 0 Å². The van der Waals surface area contributed by atoms with Crippen LogP contribution < -0.4 is 5.32 Å². The third-order valence-electron chi connectivity index (χ3n) is 7.23. The number of amides is 1. The maximum Gasteiger partial charge on any atom is 0.338 e. The molecule has 168 valence electrons. The molecule has 1 aromatic carbocycles. The van der Waals surface area contributed by atoms with E-state index in [9.17, 15) is 9.59 Å². The zero-order valence-electron chi connectivity index (χ0n) is 18.8. The molecule has 2 saturated carbocycles. The van der Waals surface area contributed by atoms with Gasteiger partial charge in [-0.2, -0.15) is 0 Å². The summed E-state index contributed by atoms with van der Waals surface area (Å²) in [6.07, 6.45) is 5.19. The number of aryl methyl sites for hydroxylation is 1. The molecular formula is C25H29N3O3S. The number of fused-ring (bicyclic) bond motifs is 3. The van der Waals surface area contributed by atoms with Crippen molar-refractivity contribution >= 4 is 28.8 Å². The molecule has 0 unspecified atom stereocenters. The lowest BCUT2D eigenvalue weighted by Gasteiger charge is -2.36. The fourth-order valence-electron chi connectivity index (χ4n) is 5.65. The molecule has 7 heteroatoms. The van der Waals surface area contributed by atoms with Gasteiger partial charge in [0.25, 0.3) is 0 Å². The van der Waals surface area contributed by atoms with Crippen LogP contribution in [0.25, 0.3) is 0 Å². The van der Waals surface area contributed by atoms with Crippen LogP contribution in [0, 0.1) is 18.8 Å². The van der Waals surface area contributed by atoms with Gasteiger partial charge in [-0.05, 0) is 55.9 Å². The second-order valence-corrected chi connectivity index (χ2v) is 10.2. The van der Waals surface area contributed by atoms with E-state index in [0.717, 1.165) is 34.3 Å². The summed E-state index contributed by atoms with van der Waals surface area (Å²) in [5.41, 5.74) is 4.17. The Labute approximate surface area is 193 Å². The van der Waals surface area contributed by atoms with Gasteiger partial charge >= 0.3 is 5.97 Å². The number of rotatable bonds is 5. The van der Waals surface area contributed by atoms with E-state index in [1.54, 1.807) is 0 Å². The minimum atomic E-state index is -0.390. The van der Waals surface area contributed by atoms with Crippen LogP contribution in [-0.2, 0) is 14.3 Å². The summed E-state index contributed by atoms with van der Waals surface area (Å²) in [7, 11) is 1.40. The van der Waals surface area contributed by atoms with Crippen molar-refractivity contribution in [1.29, 1.82) is 0 Å². The molecule has 4 aliphatic rings. The molecule has 4 atom stereocenters. The predicted molar refractivity (Wildman–Crippen MR) is 126 cm³/mol. The Morgan fingerprint density at radius 1 is 1.19 bits per heavy atom. The number of nitrogens with one attached hydrogen (secondary N) is 1. The predicted octanol–water partition coefficient (Wildman–Crippen LogP) is 4.44. The summed E-state index contributed by atoms with van der Waals surface area (Å²) in [5, 5.41) is 6.08. The van der Waals surface area contributed by atoms with Crippen molar-refractivity contribution in [2.24, 2.45) is 16.8 Å². The first kappa shape index (κ1) is 21.3. The standard InChI is InChI=1S/C25H29N3O3S/c1-14-4-7-17(8-5-14)23-22(24(30)31-3)15(2)26-25-28(23)19(13-32-25)12-21(29)27-20-11-16-6-9-18(20)10-16/h4-5,7-8,13,16,18,20,23H,6,9-12H2,1-3H3,(H,27,29)/t16-,18-,20-,23+/m0/s1. The number of allylic oxidation sites excluding steroid dienone is 1. The smallest absolute Gasteiger partial charge is 0.338 e. The number of ether oxygens (including phenoxy) is 1. The fraction of sp³-hybridized carbons (Fsp3) is 0.480. The van der Waals surface area contributed by atoms with E-state index >= 15 is 0 Å². The Morgan fingerprint density at radius 3 is 2.62 bits per heavy atom. The Balaban J connectivity index is 1.41. The molecule has 0 aromatic heterocycles. The van der Waals surface area contributed by atoms with E-state index in [-0.39, 0.29) is 18.4 Å². The second-order valence-electron chi connectivity index (χ2n) is 9.32. The van der Waals surface area contributed by atoms with Gasteiger partial charge in [0.05, 0.1) is 30.8 Å². The minimum Gasteiger partial charge on any atom is -0.466 e. The number of nitrogens with zero attached hydrogens (tertiary/aromatic N) is 2. The summed E-state index contributed by atoms with van der Waals surface area (Å²) < 4.78 is 5.12. The van der Waals surface area contributed by atoms with Gasteiger partial charge < -0.3 is 15.0 Å². The van der Waals surface area contributed by atoms with Crippen molar-refractivity contribution in [3.05, 3.63) is 57.8 Å². The summed E-state index contributed by atoms with van der Waals surface area (Å²) in [4.78, 5) is 32.5. The Hall–Kier alpha value is -2.54. The number of esters is 1. The van der Waals surface area contributed by atoms with Crippen LogP contribution in [0.5, 0.6) is 0 Å². The zero-order chi connectivity index (χ0) is 22.4. The van der Waals surface area contributed by atoms with Gasteiger partial charge in [-0.25, -0.2) is 9.79 Å². The van der Waals surface area contributed by atoms with Crippen LogP contribution >= 0.6 is 11.8 Å². The van der Waals surface area contributed by atoms with E-state index < -0.39 is 5.97 Å². The maximum absolute atomic E-state index is 13.0. The molecule has 2 aliphatic carbocycles. The van der Waals surface area contributed by atoms with E-state index in [0.29, 0.717) is 23.2 Å². The van der Waals surface area contributed by atoms with Crippen molar-refractivity contribution in [1.82, 2.24) is 10.2 Å². The molecule has 1 aromatic rings. The SMILES string of the molecule is COC(=O)C1=C(C)N=C2SC=C(CC(=O)N[C@H]3C[C@H]4CC[C@H]3C4)N2[C@@H]1c1ccc(C)cc1. The van der Waals surface area contributed by atoms with Crippen molar-refractivity contribution in [3.63, 3.8) is 0 Å². The van der Waals surface area contributed by atoms with E-state index in [1.807, 2.05) is 48.4 Å². The monoisotopic (exact) mass is 451 g/mol. The summed E-state index contributed by atoms with van der Waals surface area (Å²) in [5.74, 6) is 1.08. The largest absolute Gasteiger partial charge is 0.466 e. The third kappa shape index (κ3) is 3.76. The van der Waals surface area contributed by atoms with E-state index in [2.05, 4.69) is 10.3 Å². The average Bonchev–Trinajstić information content (AvgIpc) is 3.49. The number of aliphatic imine (C=N–C) groups is 1. The van der Waals surface area contributed by atoms with Crippen molar-refractivity contribution in [3.8, 4) is 0 Å². The van der Waals surface area contributed by atoms with Crippen LogP contribution in [0.4, 0.5) is 0 Å². The number of carbonyl (C=O) groups excluding carboxylic acids is 2. The zero-order valence-corrected chi connectivity index (χ0v) is 19.6. The number of hydrogen-bond donors (Lipinski definition) is 1. The number of methoxy groups -OCH3 is 1. The van der Waals surface area contributed by atoms with Gasteiger partial charge in [0, 0.05) is 11.7 Å². The highest BCUT2D eigenvalue weighted by Gasteiger charge is 2.42. The number of benzene rings is 1. The van der Waals surface area contributed by atoms with Crippen molar-refractivity contribution in [2.75, 3.05) is 7.11 Å². The van der Waals surface area contributed by atoms with Crippen LogP contribution in [0.3, 0.4) is 0 Å². The van der Waals surface area contributed by atoms with Gasteiger partial charge in [0.2, 0.25) is 5.91 Å². The highest BCUT2D eigenvalue weighted by molar-refractivity contribution is 8.16. The molecule has 2 aliphatic heterocycles. The molecule has 5 rings (SSSR count). The highest BCUT2D eigenvalue weighted by Crippen LogP contribution is 2.46. The van der Waals surface area contributed by atoms with Gasteiger partial charge in [0.1, 0.15) is 0 Å². The molecule has 1 N–H and O–H groups in total. The number of amidine groups is 1. The molecule has 0 spiro atoms. The van der Waals surface area contributed by atoms with E-state index in [1.165, 1.54) is 38.1 Å². The van der Waals surface area contributed by atoms with Crippen molar-refractivity contribution in [2.45, 2.75) is 58.0 Å². The number of carbonyl (C=O) groups is 2. The molecule has 0 saturated heterocycles. The van der Waals surface area contributed by atoms with Gasteiger partial charge in [-0.3, -0.25) is 4.79 Å². The Bertz CT molecular complexity index is 1040. The maximum atomic E-state index is 13.0. The minimum absolute atomic E-state index is 0.0456. The molecule has 2 bridgehead atoms. The molecule has 6 nitrogen and oxygen atoms in total. The molecule has 32 heavy (non-hydrogen) atoms. The van der Waals surface area contributed by atoms with Gasteiger partial charge in [-0.1, -0.05) is 48.0 Å². The molecule has 1 amide bonds. The normalized spacial score (nSPS) is 28.4. The van der Waals surface area contributed by atoms with Crippen molar-refractivity contribution < 1.29 is 14.3 Å². The molecular weight excluding hydrogens is 422 g/mol. The van der Waals surface area contributed by atoms with Gasteiger partial charge in [0.15, 0.2) is 5.17 Å². The molecule has 2 heterocycles. The molecule has 2 fully saturated rings. The first-order chi connectivity index (χ1) is 15.4. The van der Waals surface area contributed by atoms with Crippen LogP contribution in [0.1, 0.15) is 56.2 Å². The first-order valence-electron chi connectivity index (χ1n) is 11.3. The number of thioether (sulfide) groups is 1. The quantitative estimate of drug-likeness (QED) is 0.671. The third-order valence-corrected chi connectivity index (χ3v) is 8.11. The second kappa shape index (κ2) is 8.43. The Morgan fingerprint density at radius 2 is 1.97 bits per heavy atom. The topological polar surface area (TPSA) is 71.0 Å². The summed E-state index contributed by atoms with van der Waals surface area (Å²) in [6.45, 7) is 3.88. The lowest BCUT2D eigenvalue weighted by molar-refractivity contribution is -0.136. The highest BCUT2D eigenvalue weighted by atomic mass is 32.2. The summed E-state index contributed by atoms with van der Waals surface area (Å²) >= 11 is 1.51. The van der Waals surface area contributed by atoms with Crippen LogP contribution in [-0.4, -0.2) is 35.1 Å². The number of hydrogen-bond acceptors (Lipinski definition) is 6. The van der Waals surface area contributed by atoms with E-state index in [4.69, 9.17) is 4.74 Å².